The van der Waals surface area contributed by atoms with E-state index in [1.807, 2.05) is 0 Å². The zero-order valence-electron chi connectivity index (χ0n) is 5.69. The van der Waals surface area contributed by atoms with Crippen LogP contribution < -0.4 is 0 Å². The lowest BCUT2D eigenvalue weighted by Gasteiger charge is -2.11. The molecule has 0 aromatic carbocycles. The minimum Gasteiger partial charge on any atom is -0.173 e. The van der Waals surface area contributed by atoms with E-state index < -0.39 is 0 Å². The van der Waals surface area contributed by atoms with E-state index in [4.69, 9.17) is 0 Å². The van der Waals surface area contributed by atoms with Gasteiger partial charge in [-0.1, -0.05) is 23.8 Å². The monoisotopic (exact) mass is 152 g/mol. The van der Waals surface area contributed by atoms with E-state index in [0.29, 0.717) is 11.3 Å². The Morgan fingerprint density at radius 2 is 2.50 bits per heavy atom. The van der Waals surface area contributed by atoms with E-state index in [9.17, 15) is 0 Å². The zero-order valence-corrected chi connectivity index (χ0v) is 6.51. The van der Waals surface area contributed by atoms with Crippen molar-refractivity contribution in [2.75, 3.05) is 0 Å². The first kappa shape index (κ1) is 6.16. The fourth-order valence-corrected chi connectivity index (χ4v) is 1.79. The Morgan fingerprint density at radius 3 is 3.40 bits per heavy atom. The molecule has 2 atom stereocenters. The van der Waals surface area contributed by atoms with E-state index in [0.717, 1.165) is 0 Å². The predicted octanol–water partition coefficient (Wildman–Crippen LogP) is 2.35. The van der Waals surface area contributed by atoms with Crippen molar-refractivity contribution in [3.8, 4) is 0 Å². The number of allylic oxidation sites excluding steroid dienone is 2. The second kappa shape index (κ2) is 2.23. The van der Waals surface area contributed by atoms with Crippen molar-refractivity contribution in [1.29, 1.82) is 0 Å². The summed E-state index contributed by atoms with van der Waals surface area (Å²) in [6.07, 6.45) is 6.46. The van der Waals surface area contributed by atoms with Crippen molar-refractivity contribution >= 4 is 11.9 Å². The molecule has 2 aliphatic rings. The first-order valence-corrected chi connectivity index (χ1v) is 4.12. The first-order chi connectivity index (χ1) is 4.86. The lowest BCUT2D eigenvalue weighted by atomic mass is 10.0. The van der Waals surface area contributed by atoms with Crippen LogP contribution >= 0.6 is 11.9 Å². The third kappa shape index (κ3) is 0.904. The summed E-state index contributed by atoms with van der Waals surface area (Å²) in [5.41, 5.74) is 1.29. The Balaban J connectivity index is 2.26. The molecule has 0 fully saturated rings. The summed E-state index contributed by atoms with van der Waals surface area (Å²) in [5.74, 6) is 0. The Bertz CT molecular complexity index is 230. The van der Waals surface area contributed by atoms with Crippen LogP contribution in [0.2, 0.25) is 0 Å². The van der Waals surface area contributed by atoms with Crippen molar-refractivity contribution in [1.82, 2.24) is 0 Å². The normalized spacial score (nSPS) is 35.9. The highest BCUT2D eigenvalue weighted by atomic mass is 32.2. The van der Waals surface area contributed by atoms with Crippen LogP contribution in [0.5, 0.6) is 0 Å². The van der Waals surface area contributed by atoms with Gasteiger partial charge < -0.3 is 0 Å². The zero-order chi connectivity index (χ0) is 6.97. The molecule has 1 aliphatic heterocycles. The molecule has 0 spiro atoms. The van der Waals surface area contributed by atoms with Crippen molar-refractivity contribution < 1.29 is 0 Å². The molecule has 0 aromatic rings. The minimum absolute atomic E-state index is 0.315. The molecule has 2 rings (SSSR count). The van der Waals surface area contributed by atoms with E-state index in [1.165, 1.54) is 5.57 Å². The van der Waals surface area contributed by atoms with Gasteiger partial charge in [0.1, 0.15) is 6.04 Å². The van der Waals surface area contributed by atoms with Gasteiger partial charge in [-0.2, -0.15) is 5.11 Å². The van der Waals surface area contributed by atoms with Crippen LogP contribution in [0.15, 0.2) is 33.4 Å². The highest BCUT2D eigenvalue weighted by Crippen LogP contribution is 2.31. The molecule has 3 heteroatoms. The number of hydrogen-bond acceptors (Lipinski definition) is 3. The van der Waals surface area contributed by atoms with Crippen molar-refractivity contribution in [3.05, 3.63) is 23.8 Å². The molecule has 1 aliphatic carbocycles. The SMILES string of the molecule is CC1=CC2N=NSC2C=C1. The fourth-order valence-electron chi connectivity index (χ4n) is 1.11. The number of hydrogen-bond donors (Lipinski definition) is 0. The summed E-state index contributed by atoms with van der Waals surface area (Å²) >= 11 is 1.56. The van der Waals surface area contributed by atoms with Crippen molar-refractivity contribution in [2.45, 2.75) is 18.2 Å². The van der Waals surface area contributed by atoms with E-state index >= 15 is 0 Å². The van der Waals surface area contributed by atoms with Gasteiger partial charge >= 0.3 is 0 Å². The maximum Gasteiger partial charge on any atom is 0.108 e. The molecule has 1 heterocycles. The lowest BCUT2D eigenvalue weighted by Crippen LogP contribution is -2.14. The van der Waals surface area contributed by atoms with Gasteiger partial charge in [0.15, 0.2) is 0 Å². The van der Waals surface area contributed by atoms with Gasteiger partial charge in [0, 0.05) is 11.9 Å². The minimum atomic E-state index is 0.315. The molecular formula is C7H8N2S. The van der Waals surface area contributed by atoms with Crippen LogP contribution in [-0.2, 0) is 0 Å². The third-order valence-corrected chi connectivity index (χ3v) is 2.54. The molecule has 0 aromatic heterocycles. The molecular weight excluding hydrogens is 144 g/mol. The molecule has 0 radical (unpaired) electrons. The van der Waals surface area contributed by atoms with E-state index in [1.54, 1.807) is 11.9 Å². The molecule has 0 amide bonds. The maximum absolute atomic E-state index is 4.07. The summed E-state index contributed by atoms with van der Waals surface area (Å²) < 4.78 is 3.91. The number of fused-ring (bicyclic) bond motifs is 1. The van der Waals surface area contributed by atoms with Crippen LogP contribution in [0.4, 0.5) is 0 Å². The predicted molar refractivity (Wildman–Crippen MR) is 42.9 cm³/mol. The van der Waals surface area contributed by atoms with Crippen LogP contribution in [-0.4, -0.2) is 11.3 Å². The molecule has 0 saturated heterocycles. The van der Waals surface area contributed by atoms with Gasteiger partial charge in [-0.15, -0.1) is 4.52 Å². The average molecular weight is 152 g/mol. The highest BCUT2D eigenvalue weighted by Gasteiger charge is 2.24. The molecule has 0 saturated carbocycles. The van der Waals surface area contributed by atoms with Crippen LogP contribution in [0.3, 0.4) is 0 Å². The summed E-state index contributed by atoms with van der Waals surface area (Å²) in [7, 11) is 0. The summed E-state index contributed by atoms with van der Waals surface area (Å²) in [6, 6.07) is 0.315. The second-order valence-electron chi connectivity index (χ2n) is 2.53. The van der Waals surface area contributed by atoms with Crippen LogP contribution in [0.1, 0.15) is 6.92 Å². The maximum atomic E-state index is 4.07. The average Bonchev–Trinajstić information content (AvgIpc) is 2.33. The first-order valence-electron chi connectivity index (χ1n) is 3.29. The van der Waals surface area contributed by atoms with Crippen molar-refractivity contribution in [3.63, 3.8) is 0 Å². The Morgan fingerprint density at radius 1 is 1.60 bits per heavy atom. The van der Waals surface area contributed by atoms with Gasteiger partial charge in [-0.25, -0.2) is 0 Å². The largest absolute Gasteiger partial charge is 0.173 e. The Kier molecular flexibility index (Phi) is 1.38. The Labute approximate surface area is 64.2 Å². The Hall–Kier alpha value is -0.570. The standard InChI is InChI=1S/C7H8N2S/c1-5-2-3-7-6(4-5)8-9-10-7/h2-4,6-7H,1H3. The number of nitrogens with zero attached hydrogens (tertiary/aromatic N) is 2. The quantitative estimate of drug-likeness (QED) is 0.489. The smallest absolute Gasteiger partial charge is 0.108 e. The molecule has 0 N–H and O–H groups in total. The van der Waals surface area contributed by atoms with Gasteiger partial charge in [0.05, 0.1) is 5.25 Å². The molecule has 52 valence electrons. The topological polar surface area (TPSA) is 24.7 Å². The van der Waals surface area contributed by atoms with Gasteiger partial charge in [-0.3, -0.25) is 0 Å². The molecule has 10 heavy (non-hydrogen) atoms. The third-order valence-electron chi connectivity index (χ3n) is 1.67. The molecule has 0 bridgehead atoms. The summed E-state index contributed by atoms with van der Waals surface area (Å²) in [6.45, 7) is 2.09. The summed E-state index contributed by atoms with van der Waals surface area (Å²) in [4.78, 5) is 0. The van der Waals surface area contributed by atoms with E-state index in [2.05, 4.69) is 34.8 Å². The molecule has 2 unspecified atom stereocenters. The van der Waals surface area contributed by atoms with Crippen molar-refractivity contribution in [2.24, 2.45) is 9.63 Å². The fraction of sp³-hybridized carbons (Fsp3) is 0.429. The van der Waals surface area contributed by atoms with Crippen LogP contribution in [0.25, 0.3) is 0 Å². The highest BCUT2D eigenvalue weighted by molar-refractivity contribution is 7.98. The second-order valence-corrected chi connectivity index (χ2v) is 3.45. The molecule has 2 nitrogen and oxygen atoms in total. The van der Waals surface area contributed by atoms with Gasteiger partial charge in [0.25, 0.3) is 0 Å². The van der Waals surface area contributed by atoms with E-state index in [-0.39, 0.29) is 0 Å². The summed E-state index contributed by atoms with van der Waals surface area (Å²) in [5, 5.41) is 4.54. The van der Waals surface area contributed by atoms with Gasteiger partial charge in [-0.05, 0) is 6.92 Å². The van der Waals surface area contributed by atoms with Gasteiger partial charge in [0.2, 0.25) is 0 Å². The van der Waals surface area contributed by atoms with Crippen LogP contribution in [0, 0.1) is 0 Å². The lowest BCUT2D eigenvalue weighted by molar-refractivity contribution is 0.826. The number of rotatable bonds is 0.